The zero-order chi connectivity index (χ0) is 11.5. The molecule has 0 aliphatic heterocycles. The van der Waals surface area contributed by atoms with Crippen LogP contribution in [0.25, 0.3) is 0 Å². The Morgan fingerprint density at radius 3 is 2.81 bits per heavy atom. The predicted octanol–water partition coefficient (Wildman–Crippen LogP) is 0.841. The second-order valence-corrected chi connectivity index (χ2v) is 3.70. The molecule has 0 unspecified atom stereocenters. The van der Waals surface area contributed by atoms with Gasteiger partial charge in [-0.25, -0.2) is 10.1 Å². The lowest BCUT2D eigenvalue weighted by atomic mass is 10.4. The van der Waals surface area contributed by atoms with Gasteiger partial charge in [-0.3, -0.25) is 10.1 Å². The van der Waals surface area contributed by atoms with Crippen LogP contribution < -0.4 is 5.73 Å². The Hall–Kier alpha value is -2.16. The van der Waals surface area contributed by atoms with Crippen molar-refractivity contribution in [3.63, 3.8) is 0 Å². The minimum atomic E-state index is -0.508. The summed E-state index contributed by atoms with van der Waals surface area (Å²) in [6, 6.07) is 2.89. The van der Waals surface area contributed by atoms with Gasteiger partial charge in [-0.15, -0.1) is 5.10 Å². The number of H-pyrrole nitrogens is 1. The second-order valence-electron chi connectivity index (χ2n) is 2.72. The van der Waals surface area contributed by atoms with Crippen molar-refractivity contribution >= 4 is 23.4 Å². The summed E-state index contributed by atoms with van der Waals surface area (Å²) in [7, 11) is 0. The number of aromatic nitrogens is 4. The fourth-order valence-electron chi connectivity index (χ4n) is 0.938. The van der Waals surface area contributed by atoms with Gasteiger partial charge in [0.05, 0.1) is 4.92 Å². The molecule has 0 aliphatic carbocycles. The van der Waals surface area contributed by atoms with Crippen molar-refractivity contribution in [3.8, 4) is 0 Å². The van der Waals surface area contributed by atoms with Crippen molar-refractivity contribution in [2.75, 3.05) is 5.73 Å². The minimum absolute atomic E-state index is 0.0566. The molecule has 2 aromatic heterocycles. The van der Waals surface area contributed by atoms with E-state index in [9.17, 15) is 10.1 Å². The number of rotatable bonds is 3. The van der Waals surface area contributed by atoms with Crippen LogP contribution in [-0.2, 0) is 0 Å². The van der Waals surface area contributed by atoms with Gasteiger partial charge in [-0.05, 0) is 17.8 Å². The number of nitrogen functional groups attached to an aromatic ring is 1. The number of hydrogen-bond acceptors (Lipinski definition) is 7. The molecule has 3 N–H and O–H groups in total. The van der Waals surface area contributed by atoms with Gasteiger partial charge in [0.2, 0.25) is 11.1 Å². The number of anilines is 1. The third-order valence-corrected chi connectivity index (χ3v) is 2.43. The van der Waals surface area contributed by atoms with E-state index >= 15 is 0 Å². The normalized spacial score (nSPS) is 10.2. The molecule has 0 radical (unpaired) electrons. The molecule has 82 valence electrons. The molecule has 2 heterocycles. The standard InChI is InChI=1S/C7H6N6O2S/c8-6-10-7(12-11-6)16-5-2-1-4(3-9-5)13(14)15/h1-3H,(H3,8,10,11,12). The summed E-state index contributed by atoms with van der Waals surface area (Å²) in [6.07, 6.45) is 1.18. The van der Waals surface area contributed by atoms with Gasteiger partial charge < -0.3 is 5.73 Å². The Morgan fingerprint density at radius 1 is 1.50 bits per heavy atom. The zero-order valence-corrected chi connectivity index (χ0v) is 8.64. The first-order valence-corrected chi connectivity index (χ1v) is 4.93. The molecule has 2 aromatic rings. The number of pyridine rings is 1. The van der Waals surface area contributed by atoms with Crippen LogP contribution in [0.1, 0.15) is 0 Å². The van der Waals surface area contributed by atoms with Gasteiger partial charge in [-0.1, -0.05) is 0 Å². The number of nitrogens with zero attached hydrogens (tertiary/aromatic N) is 4. The molecule has 0 spiro atoms. The third kappa shape index (κ3) is 2.25. The van der Waals surface area contributed by atoms with E-state index in [1.165, 1.54) is 18.3 Å². The monoisotopic (exact) mass is 238 g/mol. The second kappa shape index (κ2) is 4.14. The molecule has 9 heteroatoms. The van der Waals surface area contributed by atoms with E-state index in [-0.39, 0.29) is 11.6 Å². The number of nitro groups is 1. The first-order chi connectivity index (χ1) is 7.65. The SMILES string of the molecule is Nc1nc(Sc2ccc([N+](=O)[O-])cn2)n[nH]1. The van der Waals surface area contributed by atoms with Gasteiger partial charge in [0, 0.05) is 6.07 Å². The molecule has 8 nitrogen and oxygen atoms in total. The summed E-state index contributed by atoms with van der Waals surface area (Å²) in [5, 5.41) is 17.6. The molecular formula is C7H6N6O2S. The molecule has 0 aliphatic rings. The minimum Gasteiger partial charge on any atom is -0.368 e. The Balaban J connectivity index is 2.14. The summed E-state index contributed by atoms with van der Waals surface area (Å²) in [5.74, 6) is 0.212. The highest BCUT2D eigenvalue weighted by molar-refractivity contribution is 7.99. The largest absolute Gasteiger partial charge is 0.368 e. The lowest BCUT2D eigenvalue weighted by molar-refractivity contribution is -0.385. The van der Waals surface area contributed by atoms with Crippen LogP contribution in [-0.4, -0.2) is 25.1 Å². The lowest BCUT2D eigenvalue weighted by Crippen LogP contribution is -1.89. The van der Waals surface area contributed by atoms with Crippen molar-refractivity contribution in [1.82, 2.24) is 20.2 Å². The van der Waals surface area contributed by atoms with Crippen molar-refractivity contribution in [2.24, 2.45) is 0 Å². The highest BCUT2D eigenvalue weighted by Crippen LogP contribution is 2.23. The summed E-state index contributed by atoms with van der Waals surface area (Å²) in [4.78, 5) is 17.6. The highest BCUT2D eigenvalue weighted by Gasteiger charge is 2.08. The van der Waals surface area contributed by atoms with E-state index in [2.05, 4.69) is 20.2 Å². The zero-order valence-electron chi connectivity index (χ0n) is 7.82. The summed E-state index contributed by atoms with van der Waals surface area (Å²) >= 11 is 1.16. The van der Waals surface area contributed by atoms with Gasteiger partial charge in [0.15, 0.2) is 0 Å². The quantitative estimate of drug-likeness (QED) is 0.599. The fourth-order valence-corrected chi connectivity index (χ4v) is 1.60. The molecule has 0 fully saturated rings. The van der Waals surface area contributed by atoms with Crippen LogP contribution in [0, 0.1) is 10.1 Å². The predicted molar refractivity (Wildman–Crippen MR) is 55.8 cm³/mol. The molecule has 0 saturated heterocycles. The van der Waals surface area contributed by atoms with Gasteiger partial charge >= 0.3 is 0 Å². The molecule has 0 atom stereocenters. The summed E-state index contributed by atoms with van der Waals surface area (Å²) in [6.45, 7) is 0. The average Bonchev–Trinajstić information content (AvgIpc) is 2.65. The maximum atomic E-state index is 10.4. The van der Waals surface area contributed by atoms with Gasteiger partial charge in [-0.2, -0.15) is 4.98 Å². The molecule has 16 heavy (non-hydrogen) atoms. The van der Waals surface area contributed by atoms with Crippen molar-refractivity contribution in [2.45, 2.75) is 10.2 Å². The van der Waals surface area contributed by atoms with Gasteiger partial charge in [0.25, 0.3) is 5.69 Å². The number of hydrogen-bond donors (Lipinski definition) is 2. The smallest absolute Gasteiger partial charge is 0.287 e. The molecule has 0 bridgehead atoms. The van der Waals surface area contributed by atoms with E-state index < -0.39 is 4.92 Å². The summed E-state index contributed by atoms with van der Waals surface area (Å²) < 4.78 is 0. The molecule has 0 aromatic carbocycles. The lowest BCUT2D eigenvalue weighted by Gasteiger charge is -1.94. The fraction of sp³-hybridized carbons (Fsp3) is 0. The summed E-state index contributed by atoms with van der Waals surface area (Å²) in [5.41, 5.74) is 5.29. The van der Waals surface area contributed by atoms with Crippen LogP contribution in [0.3, 0.4) is 0 Å². The Morgan fingerprint density at radius 2 is 2.31 bits per heavy atom. The van der Waals surface area contributed by atoms with E-state index in [1.807, 2.05) is 0 Å². The van der Waals surface area contributed by atoms with Crippen molar-refractivity contribution in [1.29, 1.82) is 0 Å². The Labute approximate surface area is 93.4 Å². The van der Waals surface area contributed by atoms with Crippen LogP contribution in [0.5, 0.6) is 0 Å². The van der Waals surface area contributed by atoms with E-state index in [4.69, 9.17) is 5.73 Å². The molecular weight excluding hydrogens is 232 g/mol. The Bertz CT molecular complexity index is 510. The van der Waals surface area contributed by atoms with E-state index in [1.54, 1.807) is 0 Å². The van der Waals surface area contributed by atoms with Gasteiger partial charge in [0.1, 0.15) is 11.2 Å². The maximum absolute atomic E-state index is 10.4. The third-order valence-electron chi connectivity index (χ3n) is 1.61. The van der Waals surface area contributed by atoms with Crippen LogP contribution >= 0.6 is 11.8 Å². The Kier molecular flexibility index (Phi) is 2.68. The average molecular weight is 238 g/mol. The van der Waals surface area contributed by atoms with Crippen LogP contribution in [0.2, 0.25) is 0 Å². The van der Waals surface area contributed by atoms with E-state index in [0.717, 1.165) is 11.8 Å². The number of aromatic amines is 1. The maximum Gasteiger partial charge on any atom is 0.287 e. The first kappa shape index (κ1) is 10.4. The topological polar surface area (TPSA) is 124 Å². The first-order valence-electron chi connectivity index (χ1n) is 4.11. The van der Waals surface area contributed by atoms with Crippen molar-refractivity contribution in [3.05, 3.63) is 28.4 Å². The highest BCUT2D eigenvalue weighted by atomic mass is 32.2. The van der Waals surface area contributed by atoms with Crippen LogP contribution in [0.4, 0.5) is 11.6 Å². The molecule has 0 amide bonds. The van der Waals surface area contributed by atoms with Crippen LogP contribution in [0.15, 0.2) is 28.5 Å². The van der Waals surface area contributed by atoms with E-state index in [0.29, 0.717) is 10.2 Å². The number of nitrogens with one attached hydrogen (secondary N) is 1. The van der Waals surface area contributed by atoms with Crippen molar-refractivity contribution < 1.29 is 4.92 Å². The molecule has 0 saturated carbocycles. The number of nitrogens with two attached hydrogens (primary N) is 1. The molecule has 2 rings (SSSR count).